The van der Waals surface area contributed by atoms with E-state index < -0.39 is 12.1 Å². The Morgan fingerprint density at radius 2 is 1.90 bits per heavy atom. The highest BCUT2D eigenvalue weighted by atomic mass is 79.9. The Labute approximate surface area is 177 Å². The molecule has 7 nitrogen and oxygen atoms in total. The molecule has 0 aromatic heterocycles. The topological polar surface area (TPSA) is 81.8 Å². The lowest BCUT2D eigenvalue weighted by Crippen LogP contribution is -2.51. The van der Waals surface area contributed by atoms with Crippen LogP contribution in [0.25, 0.3) is 0 Å². The first-order valence-electron chi connectivity index (χ1n) is 9.35. The zero-order chi connectivity index (χ0) is 20.7. The Hall–Kier alpha value is -2.87. The number of fused-ring (bicyclic) bond motifs is 2. The van der Waals surface area contributed by atoms with E-state index in [1.165, 1.54) is 0 Å². The average molecular weight is 457 g/mol. The van der Waals surface area contributed by atoms with Crippen molar-refractivity contribution in [3.05, 3.63) is 58.1 Å². The maximum absolute atomic E-state index is 13.0. The van der Waals surface area contributed by atoms with Gasteiger partial charge < -0.3 is 20.4 Å². The van der Waals surface area contributed by atoms with E-state index >= 15 is 0 Å². The third-order valence-corrected chi connectivity index (χ3v) is 5.85. The normalized spacial score (nSPS) is 20.4. The van der Waals surface area contributed by atoms with Crippen molar-refractivity contribution in [1.82, 2.24) is 10.2 Å². The lowest BCUT2D eigenvalue weighted by Gasteiger charge is -2.25. The molecule has 0 bridgehead atoms. The van der Waals surface area contributed by atoms with Crippen molar-refractivity contribution in [2.24, 2.45) is 0 Å². The van der Waals surface area contributed by atoms with Crippen molar-refractivity contribution in [2.75, 3.05) is 30.9 Å². The second kappa shape index (κ2) is 7.51. The monoisotopic (exact) mass is 456 g/mol. The molecule has 2 atom stereocenters. The quantitative estimate of drug-likeness (QED) is 0.742. The summed E-state index contributed by atoms with van der Waals surface area (Å²) in [6, 6.07) is 11.2. The number of carbonyl (C=O) groups excluding carboxylic acids is 3. The fourth-order valence-electron chi connectivity index (χ4n) is 3.82. The first-order valence-corrected chi connectivity index (χ1v) is 10.1. The minimum Gasteiger partial charge on any atom is -0.378 e. The van der Waals surface area contributed by atoms with Crippen LogP contribution in [-0.2, 0) is 4.79 Å². The first kappa shape index (κ1) is 19.4. The van der Waals surface area contributed by atoms with Gasteiger partial charge in [0.25, 0.3) is 11.8 Å². The third-order valence-electron chi connectivity index (χ3n) is 5.36. The van der Waals surface area contributed by atoms with Gasteiger partial charge in [-0.05, 0) is 48.9 Å². The molecule has 4 rings (SSSR count). The lowest BCUT2D eigenvalue weighted by molar-refractivity contribution is -0.120. The van der Waals surface area contributed by atoms with Crippen LogP contribution in [0.3, 0.4) is 0 Å². The van der Waals surface area contributed by atoms with Gasteiger partial charge in [0.05, 0.1) is 17.3 Å². The molecule has 3 amide bonds. The molecule has 0 unspecified atom stereocenters. The van der Waals surface area contributed by atoms with Gasteiger partial charge in [-0.15, -0.1) is 0 Å². The third kappa shape index (κ3) is 3.60. The second-order valence-corrected chi connectivity index (χ2v) is 8.35. The van der Waals surface area contributed by atoms with E-state index in [1.807, 2.05) is 31.1 Å². The van der Waals surface area contributed by atoms with E-state index in [-0.39, 0.29) is 17.7 Å². The summed E-state index contributed by atoms with van der Waals surface area (Å²) in [5, 5.41) is 5.78. The summed E-state index contributed by atoms with van der Waals surface area (Å²) in [7, 11) is 3.86. The summed E-state index contributed by atoms with van der Waals surface area (Å²) < 4.78 is 0.766. The zero-order valence-corrected chi connectivity index (χ0v) is 17.7. The SMILES string of the molecule is CN(C)c1ccc(C(=O)N[C@H]2CCN3C(=O)c4cc(Br)ccc4NC(=O)[C@H]23)cc1. The van der Waals surface area contributed by atoms with E-state index in [2.05, 4.69) is 26.6 Å². The molecular weight excluding hydrogens is 436 g/mol. The van der Waals surface area contributed by atoms with Gasteiger partial charge in [-0.2, -0.15) is 0 Å². The largest absolute Gasteiger partial charge is 0.378 e. The number of hydrogen-bond donors (Lipinski definition) is 2. The maximum Gasteiger partial charge on any atom is 0.256 e. The van der Waals surface area contributed by atoms with Crippen LogP contribution in [0, 0.1) is 0 Å². The van der Waals surface area contributed by atoms with Gasteiger partial charge in [-0.25, -0.2) is 0 Å². The van der Waals surface area contributed by atoms with Crippen molar-refractivity contribution in [2.45, 2.75) is 18.5 Å². The lowest BCUT2D eigenvalue weighted by atomic mass is 10.1. The number of carbonyl (C=O) groups is 3. The van der Waals surface area contributed by atoms with E-state index in [1.54, 1.807) is 35.2 Å². The highest BCUT2D eigenvalue weighted by molar-refractivity contribution is 9.10. The average Bonchev–Trinajstić information content (AvgIpc) is 3.08. The predicted octanol–water partition coefficient (Wildman–Crippen LogP) is 2.48. The molecule has 2 aliphatic heterocycles. The van der Waals surface area contributed by atoms with Gasteiger partial charge in [0.2, 0.25) is 5.91 Å². The van der Waals surface area contributed by atoms with Crippen LogP contribution < -0.4 is 15.5 Å². The number of anilines is 2. The van der Waals surface area contributed by atoms with Crippen molar-refractivity contribution in [3.63, 3.8) is 0 Å². The summed E-state index contributed by atoms with van der Waals surface area (Å²) in [4.78, 5) is 42.1. The molecule has 1 fully saturated rings. The highest BCUT2D eigenvalue weighted by Crippen LogP contribution is 2.31. The van der Waals surface area contributed by atoms with Gasteiger partial charge in [0.1, 0.15) is 6.04 Å². The van der Waals surface area contributed by atoms with Crippen molar-refractivity contribution in [1.29, 1.82) is 0 Å². The van der Waals surface area contributed by atoms with Crippen LogP contribution in [-0.4, -0.2) is 55.3 Å². The molecule has 2 aliphatic rings. The molecule has 150 valence electrons. The molecule has 0 aliphatic carbocycles. The predicted molar refractivity (Wildman–Crippen MR) is 114 cm³/mol. The van der Waals surface area contributed by atoms with Crippen LogP contribution in [0.1, 0.15) is 27.1 Å². The van der Waals surface area contributed by atoms with E-state index in [9.17, 15) is 14.4 Å². The van der Waals surface area contributed by atoms with E-state index in [4.69, 9.17) is 0 Å². The molecule has 8 heteroatoms. The molecule has 1 saturated heterocycles. The second-order valence-electron chi connectivity index (χ2n) is 7.43. The molecule has 2 N–H and O–H groups in total. The summed E-state index contributed by atoms with van der Waals surface area (Å²) in [5.41, 5.74) is 2.44. The van der Waals surface area contributed by atoms with Crippen LogP contribution in [0.15, 0.2) is 46.9 Å². The fourth-order valence-corrected chi connectivity index (χ4v) is 4.18. The van der Waals surface area contributed by atoms with Crippen LogP contribution >= 0.6 is 15.9 Å². The fraction of sp³-hybridized carbons (Fsp3) is 0.286. The Balaban J connectivity index is 1.55. The van der Waals surface area contributed by atoms with Gasteiger partial charge in [0.15, 0.2) is 0 Å². The number of hydrogen-bond acceptors (Lipinski definition) is 4. The molecule has 2 heterocycles. The summed E-state index contributed by atoms with van der Waals surface area (Å²) in [6.07, 6.45) is 0.523. The number of halogens is 1. The number of nitrogens with one attached hydrogen (secondary N) is 2. The standard InChI is InChI=1S/C21H21BrN4O3/c1-25(2)14-6-3-12(4-7-14)19(27)24-17-9-10-26-18(17)20(28)23-16-8-5-13(22)11-15(16)21(26)29/h3-8,11,17-18H,9-10H2,1-2H3,(H,23,28)(H,24,27)/t17-,18-/m0/s1. The number of nitrogens with zero attached hydrogens (tertiary/aromatic N) is 2. The molecule has 29 heavy (non-hydrogen) atoms. The van der Waals surface area contributed by atoms with E-state index in [0.717, 1.165) is 10.2 Å². The van der Waals surface area contributed by atoms with Crippen LogP contribution in [0.5, 0.6) is 0 Å². The van der Waals surface area contributed by atoms with Crippen molar-refractivity contribution in [3.8, 4) is 0 Å². The summed E-state index contributed by atoms with van der Waals surface area (Å²) >= 11 is 3.37. The van der Waals surface area contributed by atoms with Gasteiger partial charge in [0, 0.05) is 36.4 Å². The van der Waals surface area contributed by atoms with Crippen LogP contribution in [0.4, 0.5) is 11.4 Å². The smallest absolute Gasteiger partial charge is 0.256 e. The summed E-state index contributed by atoms with van der Waals surface area (Å²) in [6.45, 7) is 0.410. The molecule has 2 aromatic rings. The molecule has 0 spiro atoms. The number of amides is 3. The molecule has 0 saturated carbocycles. The van der Waals surface area contributed by atoms with Crippen molar-refractivity contribution < 1.29 is 14.4 Å². The van der Waals surface area contributed by atoms with Gasteiger partial charge in [-0.1, -0.05) is 15.9 Å². The summed E-state index contributed by atoms with van der Waals surface area (Å²) in [5.74, 6) is -0.756. The molecule has 2 aromatic carbocycles. The van der Waals surface area contributed by atoms with E-state index in [0.29, 0.717) is 29.8 Å². The highest BCUT2D eigenvalue weighted by Gasteiger charge is 2.45. The minimum atomic E-state index is -0.737. The Kier molecular flexibility index (Phi) is 5.04. The Morgan fingerprint density at radius 1 is 1.17 bits per heavy atom. The van der Waals surface area contributed by atoms with Gasteiger partial charge in [-0.3, -0.25) is 14.4 Å². The number of rotatable bonds is 3. The Bertz CT molecular complexity index is 990. The zero-order valence-electron chi connectivity index (χ0n) is 16.1. The van der Waals surface area contributed by atoms with Crippen molar-refractivity contribution >= 4 is 45.0 Å². The maximum atomic E-state index is 13.0. The first-order chi connectivity index (χ1) is 13.8. The van der Waals surface area contributed by atoms with Crippen LogP contribution in [0.2, 0.25) is 0 Å². The molecule has 0 radical (unpaired) electrons. The minimum absolute atomic E-state index is 0.211. The molecular formula is C21H21BrN4O3. The van der Waals surface area contributed by atoms with Gasteiger partial charge >= 0.3 is 0 Å². The number of benzene rings is 2. The Morgan fingerprint density at radius 3 is 2.59 bits per heavy atom.